The smallest absolute Gasteiger partial charge is 0.231 e. The molecule has 2 heterocycles. The number of fused-ring (bicyclic) bond motifs is 2. The van der Waals surface area contributed by atoms with Gasteiger partial charge in [-0.1, -0.05) is 12.1 Å². The molecule has 20 heavy (non-hydrogen) atoms. The number of anilines is 1. The fourth-order valence-electron chi connectivity index (χ4n) is 2.58. The zero-order valence-corrected chi connectivity index (χ0v) is 11.2. The molecule has 0 bridgehead atoms. The lowest BCUT2D eigenvalue weighted by Gasteiger charge is -2.28. The van der Waals surface area contributed by atoms with Crippen LogP contribution in [0, 0.1) is 6.92 Å². The predicted octanol–water partition coefficient (Wildman–Crippen LogP) is 3.27. The Morgan fingerprint density at radius 2 is 1.85 bits per heavy atom. The summed E-state index contributed by atoms with van der Waals surface area (Å²) in [4.78, 5) is 0. The minimum absolute atomic E-state index is 0.0142. The normalized spacial score (nSPS) is 18.9. The highest BCUT2D eigenvalue weighted by molar-refractivity contribution is 5.60. The molecule has 0 amide bonds. The van der Waals surface area contributed by atoms with Gasteiger partial charge in [-0.05, 0) is 42.3 Å². The Hall–Kier alpha value is -2.36. The Kier molecular flexibility index (Phi) is 2.49. The van der Waals surface area contributed by atoms with Crippen molar-refractivity contribution in [2.24, 2.45) is 0 Å². The molecule has 2 aromatic carbocycles. The molecule has 2 aliphatic heterocycles. The Labute approximate surface area is 117 Å². The molecule has 2 aromatic rings. The molecule has 1 N–H and O–H groups in total. The number of rotatable bonds is 1. The van der Waals surface area contributed by atoms with E-state index in [2.05, 4.69) is 24.4 Å². The molecule has 0 aliphatic carbocycles. The Morgan fingerprint density at radius 1 is 1.00 bits per heavy atom. The number of aryl methyl sites for hydroxylation is 1. The maximum absolute atomic E-state index is 6.07. The van der Waals surface area contributed by atoms with Crippen molar-refractivity contribution >= 4 is 5.69 Å². The first-order valence-electron chi connectivity index (χ1n) is 6.70. The highest BCUT2D eigenvalue weighted by Gasteiger charge is 2.23. The van der Waals surface area contributed by atoms with Gasteiger partial charge in [-0.3, -0.25) is 0 Å². The molecule has 2 aliphatic rings. The van der Waals surface area contributed by atoms with Crippen LogP contribution in [0.4, 0.5) is 5.69 Å². The van der Waals surface area contributed by atoms with Crippen molar-refractivity contribution in [2.45, 2.75) is 13.0 Å². The summed E-state index contributed by atoms with van der Waals surface area (Å²) < 4.78 is 16.8. The van der Waals surface area contributed by atoms with E-state index in [0.717, 1.165) is 35.0 Å². The van der Waals surface area contributed by atoms with Crippen molar-refractivity contribution in [2.75, 3.05) is 18.7 Å². The van der Waals surface area contributed by atoms with Crippen LogP contribution in [0.3, 0.4) is 0 Å². The molecular weight excluding hydrogens is 254 g/mol. The second-order valence-electron chi connectivity index (χ2n) is 5.10. The van der Waals surface area contributed by atoms with E-state index < -0.39 is 0 Å². The summed E-state index contributed by atoms with van der Waals surface area (Å²) in [7, 11) is 0. The number of hydrogen-bond donors (Lipinski definition) is 1. The Morgan fingerprint density at radius 3 is 2.80 bits per heavy atom. The van der Waals surface area contributed by atoms with E-state index in [4.69, 9.17) is 14.2 Å². The quantitative estimate of drug-likeness (QED) is 0.862. The summed E-state index contributed by atoms with van der Waals surface area (Å²) in [5.74, 6) is 2.49. The molecule has 102 valence electrons. The summed E-state index contributed by atoms with van der Waals surface area (Å²) in [5, 5.41) is 3.42. The van der Waals surface area contributed by atoms with E-state index in [1.165, 1.54) is 5.56 Å². The lowest BCUT2D eigenvalue weighted by Crippen LogP contribution is -2.23. The lowest BCUT2D eigenvalue weighted by molar-refractivity contribution is 0.173. The summed E-state index contributed by atoms with van der Waals surface area (Å²) in [5.41, 5.74) is 3.37. The molecular formula is C16H15NO3. The molecule has 0 fully saturated rings. The third-order valence-corrected chi connectivity index (χ3v) is 3.65. The first-order valence-corrected chi connectivity index (χ1v) is 6.70. The number of nitrogens with one attached hydrogen (secondary N) is 1. The van der Waals surface area contributed by atoms with Crippen LogP contribution in [0.25, 0.3) is 0 Å². The van der Waals surface area contributed by atoms with Crippen LogP contribution in [0.2, 0.25) is 0 Å². The number of benzene rings is 2. The van der Waals surface area contributed by atoms with Gasteiger partial charge in [0.2, 0.25) is 6.79 Å². The number of hydrogen-bond acceptors (Lipinski definition) is 4. The molecule has 1 atom stereocenters. The van der Waals surface area contributed by atoms with Gasteiger partial charge in [0.15, 0.2) is 11.5 Å². The molecule has 0 aromatic heterocycles. The summed E-state index contributed by atoms with van der Waals surface area (Å²) in [6.07, 6.45) is -0.0142. The van der Waals surface area contributed by atoms with E-state index >= 15 is 0 Å². The first-order chi connectivity index (χ1) is 9.79. The fourth-order valence-corrected chi connectivity index (χ4v) is 2.58. The van der Waals surface area contributed by atoms with Crippen LogP contribution in [-0.4, -0.2) is 13.3 Å². The van der Waals surface area contributed by atoms with Crippen molar-refractivity contribution in [3.63, 3.8) is 0 Å². The first kappa shape index (κ1) is 11.5. The van der Waals surface area contributed by atoms with Gasteiger partial charge in [-0.15, -0.1) is 0 Å². The predicted molar refractivity (Wildman–Crippen MR) is 75.6 cm³/mol. The molecule has 0 saturated carbocycles. The van der Waals surface area contributed by atoms with Gasteiger partial charge in [0.25, 0.3) is 0 Å². The van der Waals surface area contributed by atoms with Crippen LogP contribution >= 0.6 is 0 Å². The summed E-state index contributed by atoms with van der Waals surface area (Å²) in [6.45, 7) is 3.12. The minimum Gasteiger partial charge on any atom is -0.482 e. The summed E-state index contributed by atoms with van der Waals surface area (Å²) >= 11 is 0. The second-order valence-corrected chi connectivity index (χ2v) is 5.10. The van der Waals surface area contributed by atoms with Crippen molar-refractivity contribution in [1.82, 2.24) is 0 Å². The molecule has 0 saturated heterocycles. The van der Waals surface area contributed by atoms with Gasteiger partial charge < -0.3 is 19.5 Å². The van der Waals surface area contributed by atoms with Gasteiger partial charge in [0, 0.05) is 0 Å². The Bertz CT molecular complexity index is 669. The van der Waals surface area contributed by atoms with E-state index in [0.29, 0.717) is 6.79 Å². The zero-order chi connectivity index (χ0) is 13.5. The van der Waals surface area contributed by atoms with Gasteiger partial charge in [-0.2, -0.15) is 0 Å². The molecule has 4 heteroatoms. The van der Waals surface area contributed by atoms with E-state index in [9.17, 15) is 0 Å². The average Bonchev–Trinajstić information content (AvgIpc) is 2.94. The maximum atomic E-state index is 6.07. The lowest BCUT2D eigenvalue weighted by atomic mass is 10.1. The van der Waals surface area contributed by atoms with Crippen LogP contribution in [0.5, 0.6) is 17.2 Å². The van der Waals surface area contributed by atoms with Crippen molar-refractivity contribution in [3.8, 4) is 17.2 Å². The highest BCUT2D eigenvalue weighted by Crippen LogP contribution is 2.38. The third kappa shape index (κ3) is 1.84. The summed E-state index contributed by atoms with van der Waals surface area (Å²) in [6, 6.07) is 12.1. The van der Waals surface area contributed by atoms with Crippen molar-refractivity contribution in [3.05, 3.63) is 47.5 Å². The molecule has 4 nitrogen and oxygen atoms in total. The third-order valence-electron chi connectivity index (χ3n) is 3.65. The minimum atomic E-state index is -0.0142. The van der Waals surface area contributed by atoms with Crippen molar-refractivity contribution in [1.29, 1.82) is 0 Å². The molecule has 0 radical (unpaired) electrons. The Balaban J connectivity index is 1.63. The van der Waals surface area contributed by atoms with E-state index in [1.807, 2.05) is 24.3 Å². The van der Waals surface area contributed by atoms with E-state index in [1.54, 1.807) is 0 Å². The number of ether oxygens (including phenoxy) is 3. The fraction of sp³-hybridized carbons (Fsp3) is 0.250. The zero-order valence-electron chi connectivity index (χ0n) is 11.2. The SMILES string of the molecule is Cc1ccc2c(c1)NCC(c1ccc3c(c1)OCO3)O2. The topological polar surface area (TPSA) is 39.7 Å². The monoisotopic (exact) mass is 269 g/mol. The standard InChI is InChI=1S/C16H15NO3/c1-10-2-4-13-12(6-10)17-8-16(20-13)11-3-5-14-15(7-11)19-9-18-14/h2-7,16-17H,8-9H2,1H3. The largest absolute Gasteiger partial charge is 0.482 e. The van der Waals surface area contributed by atoms with Gasteiger partial charge in [0.1, 0.15) is 11.9 Å². The van der Waals surface area contributed by atoms with Crippen LogP contribution < -0.4 is 19.5 Å². The average molecular weight is 269 g/mol. The molecule has 1 unspecified atom stereocenters. The highest BCUT2D eigenvalue weighted by atomic mass is 16.7. The second kappa shape index (κ2) is 4.34. The van der Waals surface area contributed by atoms with Crippen LogP contribution in [0.1, 0.15) is 17.2 Å². The van der Waals surface area contributed by atoms with Crippen LogP contribution in [0.15, 0.2) is 36.4 Å². The van der Waals surface area contributed by atoms with Gasteiger partial charge in [0.05, 0.1) is 12.2 Å². The van der Waals surface area contributed by atoms with Crippen LogP contribution in [-0.2, 0) is 0 Å². The molecule has 4 rings (SSSR count). The van der Waals surface area contributed by atoms with Gasteiger partial charge >= 0.3 is 0 Å². The maximum Gasteiger partial charge on any atom is 0.231 e. The van der Waals surface area contributed by atoms with Crippen molar-refractivity contribution < 1.29 is 14.2 Å². The molecule has 0 spiro atoms. The van der Waals surface area contributed by atoms with E-state index in [-0.39, 0.29) is 6.10 Å². The van der Waals surface area contributed by atoms with Gasteiger partial charge in [-0.25, -0.2) is 0 Å².